The minimum atomic E-state index is -0.597. The van der Waals surface area contributed by atoms with Gasteiger partial charge in [-0.2, -0.15) is 15.0 Å². The van der Waals surface area contributed by atoms with Gasteiger partial charge in [-0.05, 0) is 43.3 Å². The van der Waals surface area contributed by atoms with Crippen LogP contribution in [0.5, 0.6) is 0 Å². The zero-order valence-corrected chi connectivity index (χ0v) is 17.6. The molecule has 0 amide bonds. The summed E-state index contributed by atoms with van der Waals surface area (Å²) in [4.78, 5) is 25.6. The Morgan fingerprint density at radius 3 is 2.69 bits per heavy atom. The number of nitriles is 1. The number of hydrogen-bond donors (Lipinski definition) is 1. The van der Waals surface area contributed by atoms with E-state index in [0.29, 0.717) is 28.0 Å². The van der Waals surface area contributed by atoms with Gasteiger partial charge in [0.05, 0.1) is 12.8 Å². The van der Waals surface area contributed by atoms with E-state index in [2.05, 4.69) is 31.4 Å². The van der Waals surface area contributed by atoms with Crippen LogP contribution in [-0.4, -0.2) is 37.3 Å². The Morgan fingerprint density at radius 1 is 1.19 bits per heavy atom. The lowest BCUT2D eigenvalue weighted by molar-refractivity contribution is 0.0526. The van der Waals surface area contributed by atoms with Crippen molar-refractivity contribution in [2.75, 3.05) is 11.9 Å². The van der Waals surface area contributed by atoms with Gasteiger partial charge >= 0.3 is 5.97 Å². The maximum Gasteiger partial charge on any atom is 0.343 e. The minimum Gasteiger partial charge on any atom is -0.462 e. The van der Waals surface area contributed by atoms with Crippen LogP contribution in [0.15, 0.2) is 61.1 Å². The Balaban J connectivity index is 1.82. The topological polar surface area (TPSA) is 119 Å². The largest absolute Gasteiger partial charge is 0.462 e. The third kappa shape index (κ3) is 4.26. The molecule has 3 heterocycles. The second-order valence-electron chi connectivity index (χ2n) is 6.43. The Bertz CT molecular complexity index is 1300. The first kappa shape index (κ1) is 21.0. The van der Waals surface area contributed by atoms with Gasteiger partial charge in [0.2, 0.25) is 0 Å². The first-order valence-electron chi connectivity index (χ1n) is 9.57. The SMILES string of the molecule is CCOC(=O)c1cnc(-c2ccc(Cl)cc2)nc1Nc1c(C#N)cnn1-c1ccccn1. The van der Waals surface area contributed by atoms with Crippen LogP contribution in [0, 0.1) is 11.3 Å². The molecular formula is C22H16ClN7O2. The van der Waals surface area contributed by atoms with Crippen molar-refractivity contribution in [3.8, 4) is 23.3 Å². The van der Waals surface area contributed by atoms with Crippen LogP contribution in [0.1, 0.15) is 22.8 Å². The molecule has 10 heteroatoms. The molecule has 0 unspecified atom stereocenters. The Morgan fingerprint density at radius 2 is 2.00 bits per heavy atom. The van der Waals surface area contributed by atoms with Crippen molar-refractivity contribution in [2.45, 2.75) is 6.92 Å². The lowest BCUT2D eigenvalue weighted by Gasteiger charge is -2.13. The number of ether oxygens (including phenoxy) is 1. The molecule has 4 aromatic rings. The molecule has 9 nitrogen and oxygen atoms in total. The van der Waals surface area contributed by atoms with Crippen molar-refractivity contribution >= 4 is 29.2 Å². The van der Waals surface area contributed by atoms with Gasteiger partial charge < -0.3 is 10.1 Å². The van der Waals surface area contributed by atoms with Crippen LogP contribution < -0.4 is 5.32 Å². The van der Waals surface area contributed by atoms with Gasteiger partial charge in [0.1, 0.15) is 23.0 Å². The number of halogens is 1. The second-order valence-corrected chi connectivity index (χ2v) is 6.86. The van der Waals surface area contributed by atoms with Gasteiger partial charge in [-0.25, -0.2) is 19.7 Å². The monoisotopic (exact) mass is 445 g/mol. The Kier molecular flexibility index (Phi) is 6.05. The van der Waals surface area contributed by atoms with E-state index >= 15 is 0 Å². The van der Waals surface area contributed by atoms with E-state index in [1.54, 1.807) is 55.6 Å². The number of hydrogen-bond acceptors (Lipinski definition) is 8. The summed E-state index contributed by atoms with van der Waals surface area (Å²) in [6.07, 6.45) is 4.40. The number of aromatic nitrogens is 5. The average Bonchev–Trinajstić information content (AvgIpc) is 3.22. The number of rotatable bonds is 6. The van der Waals surface area contributed by atoms with Crippen molar-refractivity contribution in [3.05, 3.63) is 77.2 Å². The van der Waals surface area contributed by atoms with Gasteiger partial charge in [-0.1, -0.05) is 17.7 Å². The van der Waals surface area contributed by atoms with Crippen molar-refractivity contribution in [1.29, 1.82) is 5.26 Å². The summed E-state index contributed by atoms with van der Waals surface area (Å²) in [6, 6.07) is 14.4. The summed E-state index contributed by atoms with van der Waals surface area (Å²) in [5, 5.41) is 17.5. The molecule has 0 spiro atoms. The maximum atomic E-state index is 12.5. The molecule has 0 aliphatic rings. The molecule has 0 radical (unpaired) electrons. The highest BCUT2D eigenvalue weighted by Gasteiger charge is 2.21. The summed E-state index contributed by atoms with van der Waals surface area (Å²) in [7, 11) is 0. The number of carbonyl (C=O) groups excluding carboxylic acids is 1. The Hall–Kier alpha value is -4.29. The summed E-state index contributed by atoms with van der Waals surface area (Å²) in [5.41, 5.74) is 1.06. The lowest BCUT2D eigenvalue weighted by atomic mass is 10.2. The van der Waals surface area contributed by atoms with E-state index in [9.17, 15) is 10.1 Å². The maximum absolute atomic E-state index is 12.5. The summed E-state index contributed by atoms with van der Waals surface area (Å²) >= 11 is 5.98. The van der Waals surface area contributed by atoms with Gasteiger partial charge in [-0.3, -0.25) is 0 Å². The molecule has 1 aromatic carbocycles. The standard InChI is InChI=1S/C22H16ClN7O2/c1-2-32-22(31)17-13-26-19(14-6-8-16(23)9-7-14)28-20(17)29-21-15(11-24)12-27-30(21)18-5-3-4-10-25-18/h3-10,12-13H,2H2,1H3,(H,26,28,29). The zero-order valence-electron chi connectivity index (χ0n) is 16.9. The summed E-state index contributed by atoms with van der Waals surface area (Å²) in [6.45, 7) is 1.89. The molecule has 0 saturated heterocycles. The highest BCUT2D eigenvalue weighted by molar-refractivity contribution is 6.30. The average molecular weight is 446 g/mol. The van der Waals surface area contributed by atoms with E-state index in [-0.39, 0.29) is 23.6 Å². The number of anilines is 2. The van der Waals surface area contributed by atoms with Crippen LogP contribution in [0.4, 0.5) is 11.6 Å². The predicted octanol–water partition coefficient (Wildman–Crippen LogP) is 4.17. The summed E-state index contributed by atoms with van der Waals surface area (Å²) in [5.74, 6) is 0.718. The van der Waals surface area contributed by atoms with Gasteiger partial charge in [0.15, 0.2) is 17.5 Å². The van der Waals surface area contributed by atoms with Crippen LogP contribution in [0.25, 0.3) is 17.2 Å². The van der Waals surface area contributed by atoms with E-state index in [1.165, 1.54) is 17.1 Å². The van der Waals surface area contributed by atoms with Crippen LogP contribution >= 0.6 is 11.6 Å². The molecule has 1 N–H and O–H groups in total. The highest BCUT2D eigenvalue weighted by Crippen LogP contribution is 2.27. The fraction of sp³-hybridized carbons (Fsp3) is 0.0909. The fourth-order valence-corrected chi connectivity index (χ4v) is 3.01. The number of pyridine rings is 1. The number of carbonyl (C=O) groups is 1. The minimum absolute atomic E-state index is 0.113. The Labute approximate surface area is 188 Å². The van der Waals surface area contributed by atoms with Gasteiger partial charge in [0.25, 0.3) is 0 Å². The van der Waals surface area contributed by atoms with Crippen LogP contribution in [0.2, 0.25) is 5.02 Å². The molecule has 0 aliphatic heterocycles. The van der Waals surface area contributed by atoms with E-state index in [1.807, 2.05) is 0 Å². The smallest absolute Gasteiger partial charge is 0.343 e. The van der Waals surface area contributed by atoms with Crippen molar-refractivity contribution in [2.24, 2.45) is 0 Å². The molecule has 0 aliphatic carbocycles. The molecule has 32 heavy (non-hydrogen) atoms. The third-order valence-corrected chi connectivity index (χ3v) is 4.63. The van der Waals surface area contributed by atoms with Crippen molar-refractivity contribution in [3.63, 3.8) is 0 Å². The number of benzene rings is 1. The second kappa shape index (κ2) is 9.24. The molecule has 158 valence electrons. The van der Waals surface area contributed by atoms with E-state index in [4.69, 9.17) is 16.3 Å². The van der Waals surface area contributed by atoms with Crippen LogP contribution in [-0.2, 0) is 4.74 Å². The molecule has 4 rings (SSSR count). The molecule has 0 bridgehead atoms. The quantitative estimate of drug-likeness (QED) is 0.439. The third-order valence-electron chi connectivity index (χ3n) is 4.38. The normalized spacial score (nSPS) is 10.4. The first-order chi connectivity index (χ1) is 15.6. The van der Waals surface area contributed by atoms with Gasteiger partial charge in [0, 0.05) is 23.0 Å². The number of esters is 1. The number of nitrogens with zero attached hydrogens (tertiary/aromatic N) is 6. The predicted molar refractivity (Wildman–Crippen MR) is 118 cm³/mol. The highest BCUT2D eigenvalue weighted by atomic mass is 35.5. The molecule has 0 atom stereocenters. The van der Waals surface area contributed by atoms with E-state index < -0.39 is 5.97 Å². The molecule has 0 fully saturated rings. The van der Waals surface area contributed by atoms with Crippen LogP contribution in [0.3, 0.4) is 0 Å². The lowest BCUT2D eigenvalue weighted by Crippen LogP contribution is -2.13. The molecular weight excluding hydrogens is 430 g/mol. The molecule has 0 saturated carbocycles. The fourth-order valence-electron chi connectivity index (χ4n) is 2.89. The zero-order chi connectivity index (χ0) is 22.5. The first-order valence-corrected chi connectivity index (χ1v) is 9.95. The number of nitrogens with one attached hydrogen (secondary N) is 1. The van der Waals surface area contributed by atoms with Gasteiger partial charge in [-0.15, -0.1) is 0 Å². The van der Waals surface area contributed by atoms with Crippen molar-refractivity contribution < 1.29 is 9.53 Å². The summed E-state index contributed by atoms with van der Waals surface area (Å²) < 4.78 is 6.60. The molecule has 3 aromatic heterocycles. The van der Waals surface area contributed by atoms with E-state index in [0.717, 1.165) is 0 Å². The van der Waals surface area contributed by atoms with Crippen molar-refractivity contribution in [1.82, 2.24) is 24.7 Å².